The van der Waals surface area contributed by atoms with Gasteiger partial charge in [0.15, 0.2) is 6.61 Å². The molecule has 0 fully saturated rings. The fourth-order valence-electron chi connectivity index (χ4n) is 3.66. The van der Waals surface area contributed by atoms with Gasteiger partial charge in [0, 0.05) is 6.54 Å². The number of hydrogen-bond donors (Lipinski definition) is 2. The van der Waals surface area contributed by atoms with Crippen LogP contribution in [0.4, 0.5) is 10.1 Å². The molecule has 2 amide bonds. The summed E-state index contributed by atoms with van der Waals surface area (Å²) < 4.78 is 47.2. The number of carbonyl (C=O) groups excluding carboxylic acids is 2. The smallest absolute Gasteiger partial charge is 0.264 e. The van der Waals surface area contributed by atoms with Crippen LogP contribution in [0, 0.1) is 5.82 Å². The molecule has 41 heavy (non-hydrogen) atoms. The molecular formula is C30H27FN4O5S. The Balaban J connectivity index is 1.32. The highest BCUT2D eigenvalue weighted by Crippen LogP contribution is 2.26. The number of hydrogen-bond acceptors (Lipinski definition) is 6. The van der Waals surface area contributed by atoms with Crippen LogP contribution in [-0.2, 0) is 26.2 Å². The van der Waals surface area contributed by atoms with Crippen molar-refractivity contribution < 1.29 is 27.1 Å². The van der Waals surface area contributed by atoms with Crippen molar-refractivity contribution in [3.05, 3.63) is 126 Å². The quantitative estimate of drug-likeness (QED) is 0.197. The lowest BCUT2D eigenvalue weighted by molar-refractivity contribution is -0.123. The molecule has 9 nitrogen and oxygen atoms in total. The van der Waals surface area contributed by atoms with Crippen molar-refractivity contribution >= 4 is 33.7 Å². The molecule has 11 heteroatoms. The Labute approximate surface area is 237 Å². The number of ether oxygens (including phenoxy) is 1. The van der Waals surface area contributed by atoms with E-state index in [9.17, 15) is 22.4 Å². The second kappa shape index (κ2) is 13.9. The predicted molar refractivity (Wildman–Crippen MR) is 153 cm³/mol. The molecule has 210 valence electrons. The average molecular weight is 575 g/mol. The number of halogens is 1. The molecule has 0 heterocycles. The first-order valence-electron chi connectivity index (χ1n) is 12.5. The highest BCUT2D eigenvalue weighted by Gasteiger charge is 2.28. The molecule has 4 rings (SSSR count). The largest absolute Gasteiger partial charge is 0.484 e. The van der Waals surface area contributed by atoms with Crippen molar-refractivity contribution in [2.24, 2.45) is 5.10 Å². The van der Waals surface area contributed by atoms with Gasteiger partial charge in [0.05, 0.1) is 16.8 Å². The van der Waals surface area contributed by atoms with E-state index in [1.165, 1.54) is 48.7 Å². The zero-order valence-corrected chi connectivity index (χ0v) is 22.6. The van der Waals surface area contributed by atoms with Crippen LogP contribution in [0.1, 0.15) is 11.1 Å². The zero-order valence-electron chi connectivity index (χ0n) is 21.8. The Morgan fingerprint density at radius 2 is 1.46 bits per heavy atom. The molecule has 0 spiro atoms. The van der Waals surface area contributed by atoms with Gasteiger partial charge in [-0.2, -0.15) is 5.10 Å². The fourth-order valence-corrected chi connectivity index (χ4v) is 5.11. The number of hydrazone groups is 1. The van der Waals surface area contributed by atoms with Gasteiger partial charge in [-0.25, -0.2) is 18.2 Å². The first-order valence-corrected chi connectivity index (χ1v) is 13.9. The lowest BCUT2D eigenvalue weighted by atomic mass is 10.2. The molecule has 0 saturated carbocycles. The summed E-state index contributed by atoms with van der Waals surface area (Å²) >= 11 is 0. The summed E-state index contributed by atoms with van der Waals surface area (Å²) in [7, 11) is -4.25. The SMILES string of the molecule is O=C(COc1ccc(/C=N\NC(=O)CN(c2ccccc2F)S(=O)(=O)c2ccccc2)cc1)NCc1ccccc1. The maximum Gasteiger partial charge on any atom is 0.264 e. The van der Waals surface area contributed by atoms with Crippen molar-refractivity contribution in [2.45, 2.75) is 11.4 Å². The van der Waals surface area contributed by atoms with Gasteiger partial charge in [-0.15, -0.1) is 0 Å². The zero-order chi connectivity index (χ0) is 29.1. The van der Waals surface area contributed by atoms with Crippen LogP contribution < -0.4 is 19.8 Å². The third-order valence-corrected chi connectivity index (χ3v) is 7.50. The summed E-state index contributed by atoms with van der Waals surface area (Å²) in [6.45, 7) is -0.449. The van der Waals surface area contributed by atoms with E-state index >= 15 is 0 Å². The summed E-state index contributed by atoms with van der Waals surface area (Å²) in [5.41, 5.74) is 3.60. The molecule has 4 aromatic rings. The molecular weight excluding hydrogens is 547 g/mol. The molecule has 0 radical (unpaired) electrons. The van der Waals surface area contributed by atoms with Gasteiger partial charge in [-0.1, -0.05) is 60.7 Å². The van der Waals surface area contributed by atoms with E-state index in [0.717, 1.165) is 11.6 Å². The molecule has 0 bridgehead atoms. The van der Waals surface area contributed by atoms with Crippen molar-refractivity contribution in [3.63, 3.8) is 0 Å². The average Bonchev–Trinajstić information content (AvgIpc) is 3.00. The third kappa shape index (κ3) is 8.23. The number of para-hydroxylation sites is 1. The normalized spacial score (nSPS) is 11.1. The predicted octanol–water partition coefficient (Wildman–Crippen LogP) is 3.87. The molecule has 0 aliphatic heterocycles. The molecule has 0 saturated heterocycles. The first kappa shape index (κ1) is 29.0. The monoisotopic (exact) mass is 574 g/mol. The second-order valence-electron chi connectivity index (χ2n) is 8.69. The van der Waals surface area contributed by atoms with Crippen LogP contribution in [0.25, 0.3) is 0 Å². The summed E-state index contributed by atoms with van der Waals surface area (Å²) in [6, 6.07) is 28.9. The minimum Gasteiger partial charge on any atom is -0.484 e. The van der Waals surface area contributed by atoms with Gasteiger partial charge in [-0.05, 0) is 59.7 Å². The minimum absolute atomic E-state index is 0.0875. The van der Waals surface area contributed by atoms with E-state index in [2.05, 4.69) is 15.8 Å². The van der Waals surface area contributed by atoms with E-state index in [1.54, 1.807) is 30.3 Å². The number of rotatable bonds is 12. The van der Waals surface area contributed by atoms with Crippen LogP contribution in [-0.4, -0.2) is 39.6 Å². The van der Waals surface area contributed by atoms with E-state index < -0.39 is 28.3 Å². The van der Waals surface area contributed by atoms with Gasteiger partial charge < -0.3 is 10.1 Å². The van der Waals surface area contributed by atoms with Crippen LogP contribution >= 0.6 is 0 Å². The second-order valence-corrected chi connectivity index (χ2v) is 10.6. The molecule has 0 aliphatic rings. The molecule has 4 aromatic carbocycles. The minimum atomic E-state index is -4.25. The number of benzene rings is 4. The van der Waals surface area contributed by atoms with E-state index in [-0.39, 0.29) is 23.1 Å². The lowest BCUT2D eigenvalue weighted by Crippen LogP contribution is -2.40. The molecule has 0 aromatic heterocycles. The number of nitrogens with one attached hydrogen (secondary N) is 2. The maximum absolute atomic E-state index is 14.6. The summed E-state index contributed by atoms with van der Waals surface area (Å²) in [5.74, 6) is -1.36. The molecule has 2 N–H and O–H groups in total. The highest BCUT2D eigenvalue weighted by molar-refractivity contribution is 7.92. The molecule has 0 unspecified atom stereocenters. The maximum atomic E-state index is 14.6. The van der Waals surface area contributed by atoms with Crippen molar-refractivity contribution in [1.29, 1.82) is 0 Å². The van der Waals surface area contributed by atoms with Gasteiger partial charge in [-0.3, -0.25) is 13.9 Å². The van der Waals surface area contributed by atoms with Crippen LogP contribution in [0.15, 0.2) is 119 Å². The first-order chi connectivity index (χ1) is 19.8. The highest BCUT2D eigenvalue weighted by atomic mass is 32.2. The van der Waals surface area contributed by atoms with Gasteiger partial charge >= 0.3 is 0 Å². The number of nitrogens with zero attached hydrogens (tertiary/aromatic N) is 2. The Kier molecular flexibility index (Phi) is 9.79. The Morgan fingerprint density at radius 1 is 0.829 bits per heavy atom. The standard InChI is InChI=1S/C30H27FN4O5S/c31-27-13-7-8-14-28(27)35(41(38,39)26-11-5-2-6-12-26)21-29(36)34-33-20-24-15-17-25(18-16-24)40-22-30(37)32-19-23-9-3-1-4-10-23/h1-18,20H,19,21-22H2,(H,32,37)(H,34,36)/b33-20-. The van der Waals surface area contributed by atoms with Crippen LogP contribution in [0.3, 0.4) is 0 Å². The van der Waals surface area contributed by atoms with Crippen molar-refractivity contribution in [3.8, 4) is 5.75 Å². The Bertz CT molecular complexity index is 1600. The van der Waals surface area contributed by atoms with Gasteiger partial charge in [0.25, 0.3) is 21.8 Å². The third-order valence-electron chi connectivity index (χ3n) is 5.72. The number of anilines is 1. The van der Waals surface area contributed by atoms with Crippen molar-refractivity contribution in [1.82, 2.24) is 10.7 Å². The molecule has 0 atom stereocenters. The summed E-state index contributed by atoms with van der Waals surface area (Å²) in [5, 5.41) is 6.66. The summed E-state index contributed by atoms with van der Waals surface area (Å²) in [6.07, 6.45) is 1.35. The van der Waals surface area contributed by atoms with Crippen molar-refractivity contribution in [2.75, 3.05) is 17.5 Å². The number of carbonyl (C=O) groups is 2. The lowest BCUT2D eigenvalue weighted by Gasteiger charge is -2.24. The molecule has 0 aliphatic carbocycles. The fraction of sp³-hybridized carbons (Fsp3) is 0.100. The van der Waals surface area contributed by atoms with Gasteiger partial charge in [0.1, 0.15) is 18.1 Å². The topological polar surface area (TPSA) is 117 Å². The Morgan fingerprint density at radius 3 is 2.15 bits per heavy atom. The van der Waals surface area contributed by atoms with Crippen LogP contribution in [0.5, 0.6) is 5.75 Å². The van der Waals surface area contributed by atoms with E-state index in [0.29, 0.717) is 22.2 Å². The van der Waals surface area contributed by atoms with Gasteiger partial charge in [0.2, 0.25) is 0 Å². The number of amides is 2. The van der Waals surface area contributed by atoms with Crippen LogP contribution in [0.2, 0.25) is 0 Å². The number of sulfonamides is 1. The van der Waals surface area contributed by atoms with E-state index in [4.69, 9.17) is 4.74 Å². The van der Waals surface area contributed by atoms with E-state index in [1.807, 2.05) is 30.3 Å². The summed E-state index contributed by atoms with van der Waals surface area (Å²) in [4.78, 5) is 24.6. The Hall–Kier alpha value is -5.03.